The van der Waals surface area contributed by atoms with Crippen molar-refractivity contribution in [3.05, 3.63) is 0 Å². The Morgan fingerprint density at radius 1 is 1.23 bits per heavy atom. The van der Waals surface area contributed by atoms with Gasteiger partial charge in [-0.3, -0.25) is 4.79 Å². The SMILES string of the molecule is O=C(O)CCC1CC(C2CCC2)C1. The van der Waals surface area contributed by atoms with Crippen molar-refractivity contribution in [1.29, 1.82) is 0 Å². The molecule has 0 amide bonds. The number of carbonyl (C=O) groups is 1. The van der Waals surface area contributed by atoms with Gasteiger partial charge in [-0.25, -0.2) is 0 Å². The van der Waals surface area contributed by atoms with Crippen LogP contribution in [-0.4, -0.2) is 11.1 Å². The molecule has 2 saturated carbocycles. The first-order valence-corrected chi connectivity index (χ1v) is 5.47. The summed E-state index contributed by atoms with van der Waals surface area (Å²) in [7, 11) is 0. The van der Waals surface area contributed by atoms with Gasteiger partial charge < -0.3 is 5.11 Å². The molecular formula is C11H18O2. The van der Waals surface area contributed by atoms with Crippen molar-refractivity contribution in [2.45, 2.75) is 44.9 Å². The van der Waals surface area contributed by atoms with Gasteiger partial charge >= 0.3 is 5.97 Å². The zero-order valence-electron chi connectivity index (χ0n) is 8.04. The molecule has 0 aromatic carbocycles. The highest BCUT2D eigenvalue weighted by Gasteiger charge is 2.37. The Labute approximate surface area is 79.3 Å². The van der Waals surface area contributed by atoms with Crippen LogP contribution in [0.25, 0.3) is 0 Å². The second-order valence-corrected chi connectivity index (χ2v) is 4.72. The summed E-state index contributed by atoms with van der Waals surface area (Å²) >= 11 is 0. The van der Waals surface area contributed by atoms with E-state index in [1.165, 1.54) is 32.1 Å². The predicted molar refractivity (Wildman–Crippen MR) is 50.4 cm³/mol. The summed E-state index contributed by atoms with van der Waals surface area (Å²) in [5, 5.41) is 8.51. The molecule has 2 nitrogen and oxygen atoms in total. The molecule has 2 heteroatoms. The number of aliphatic carboxylic acids is 1. The Morgan fingerprint density at radius 3 is 2.38 bits per heavy atom. The van der Waals surface area contributed by atoms with Crippen molar-refractivity contribution in [3.63, 3.8) is 0 Å². The minimum atomic E-state index is -0.632. The molecule has 0 saturated heterocycles. The molecule has 2 fully saturated rings. The maximum Gasteiger partial charge on any atom is 0.303 e. The fraction of sp³-hybridized carbons (Fsp3) is 0.909. The highest BCUT2D eigenvalue weighted by molar-refractivity contribution is 5.66. The molecule has 0 aliphatic heterocycles. The Balaban J connectivity index is 1.58. The van der Waals surface area contributed by atoms with Crippen LogP contribution in [0, 0.1) is 17.8 Å². The zero-order chi connectivity index (χ0) is 9.26. The molecule has 2 aliphatic rings. The average molecular weight is 182 g/mol. The summed E-state index contributed by atoms with van der Waals surface area (Å²) in [4.78, 5) is 10.3. The summed E-state index contributed by atoms with van der Waals surface area (Å²) in [6.07, 6.45) is 8.24. The standard InChI is InChI=1S/C11H18O2/c12-11(13)5-4-8-6-10(7-8)9-2-1-3-9/h8-10H,1-7H2,(H,12,13). The van der Waals surface area contributed by atoms with Gasteiger partial charge in [0.1, 0.15) is 0 Å². The fourth-order valence-corrected chi connectivity index (χ4v) is 2.65. The summed E-state index contributed by atoms with van der Waals surface area (Å²) in [5.74, 6) is 2.09. The molecule has 1 N–H and O–H groups in total. The van der Waals surface area contributed by atoms with Crippen molar-refractivity contribution < 1.29 is 9.90 Å². The van der Waals surface area contributed by atoms with Crippen LogP contribution in [-0.2, 0) is 4.79 Å². The van der Waals surface area contributed by atoms with Gasteiger partial charge in [0.25, 0.3) is 0 Å². The van der Waals surface area contributed by atoms with Gasteiger partial charge in [-0.2, -0.15) is 0 Å². The molecule has 0 unspecified atom stereocenters. The normalized spacial score (nSPS) is 33.5. The van der Waals surface area contributed by atoms with Crippen LogP contribution in [0.3, 0.4) is 0 Å². The third-order valence-electron chi connectivity index (χ3n) is 3.86. The summed E-state index contributed by atoms with van der Waals surface area (Å²) in [6.45, 7) is 0. The number of carboxylic acid groups (broad SMARTS) is 1. The van der Waals surface area contributed by atoms with Gasteiger partial charge in [0, 0.05) is 6.42 Å². The van der Waals surface area contributed by atoms with E-state index in [2.05, 4.69) is 0 Å². The van der Waals surface area contributed by atoms with Crippen LogP contribution in [0.5, 0.6) is 0 Å². The topological polar surface area (TPSA) is 37.3 Å². The molecule has 0 aromatic rings. The molecule has 0 heterocycles. The Bertz CT molecular complexity index is 190. The molecule has 0 aromatic heterocycles. The number of hydrogen-bond donors (Lipinski definition) is 1. The van der Waals surface area contributed by atoms with Crippen molar-refractivity contribution in [2.24, 2.45) is 17.8 Å². The monoisotopic (exact) mass is 182 g/mol. The molecule has 0 radical (unpaired) electrons. The number of rotatable bonds is 4. The smallest absolute Gasteiger partial charge is 0.303 e. The Morgan fingerprint density at radius 2 is 1.92 bits per heavy atom. The highest BCUT2D eigenvalue weighted by Crippen LogP contribution is 2.48. The van der Waals surface area contributed by atoms with Crippen LogP contribution in [0.2, 0.25) is 0 Å². The number of hydrogen-bond acceptors (Lipinski definition) is 1. The third-order valence-corrected chi connectivity index (χ3v) is 3.86. The van der Waals surface area contributed by atoms with Gasteiger partial charge in [0.15, 0.2) is 0 Å². The van der Waals surface area contributed by atoms with Crippen LogP contribution in [0.15, 0.2) is 0 Å². The van der Waals surface area contributed by atoms with Gasteiger partial charge in [-0.05, 0) is 37.0 Å². The first kappa shape index (κ1) is 9.04. The van der Waals surface area contributed by atoms with Crippen molar-refractivity contribution in [3.8, 4) is 0 Å². The van der Waals surface area contributed by atoms with E-state index >= 15 is 0 Å². The molecule has 2 rings (SSSR count). The largest absolute Gasteiger partial charge is 0.481 e. The molecule has 0 bridgehead atoms. The van der Waals surface area contributed by atoms with E-state index in [0.29, 0.717) is 6.42 Å². The lowest BCUT2D eigenvalue weighted by molar-refractivity contribution is -0.137. The molecule has 0 atom stereocenters. The summed E-state index contributed by atoms with van der Waals surface area (Å²) in [5.41, 5.74) is 0. The first-order chi connectivity index (χ1) is 6.25. The maximum absolute atomic E-state index is 10.3. The summed E-state index contributed by atoms with van der Waals surface area (Å²) < 4.78 is 0. The van der Waals surface area contributed by atoms with E-state index < -0.39 is 5.97 Å². The van der Waals surface area contributed by atoms with Crippen molar-refractivity contribution in [1.82, 2.24) is 0 Å². The van der Waals surface area contributed by atoms with E-state index in [0.717, 1.165) is 24.2 Å². The second kappa shape index (κ2) is 3.69. The van der Waals surface area contributed by atoms with E-state index in [-0.39, 0.29) is 0 Å². The molecule has 2 aliphatic carbocycles. The summed E-state index contributed by atoms with van der Waals surface area (Å²) in [6, 6.07) is 0. The lowest BCUT2D eigenvalue weighted by Gasteiger charge is -2.44. The van der Waals surface area contributed by atoms with E-state index in [1.807, 2.05) is 0 Å². The second-order valence-electron chi connectivity index (χ2n) is 4.72. The highest BCUT2D eigenvalue weighted by atomic mass is 16.4. The van der Waals surface area contributed by atoms with Crippen molar-refractivity contribution >= 4 is 5.97 Å². The Hall–Kier alpha value is -0.530. The molecule has 0 spiro atoms. The van der Waals surface area contributed by atoms with Crippen LogP contribution in [0.4, 0.5) is 0 Å². The minimum Gasteiger partial charge on any atom is -0.481 e. The van der Waals surface area contributed by atoms with Crippen LogP contribution in [0.1, 0.15) is 44.9 Å². The van der Waals surface area contributed by atoms with E-state index in [9.17, 15) is 4.79 Å². The Kier molecular flexibility index (Phi) is 2.56. The maximum atomic E-state index is 10.3. The fourth-order valence-electron chi connectivity index (χ4n) is 2.65. The molecular weight excluding hydrogens is 164 g/mol. The quantitative estimate of drug-likeness (QED) is 0.725. The first-order valence-electron chi connectivity index (χ1n) is 5.47. The minimum absolute atomic E-state index is 0.377. The molecule has 74 valence electrons. The van der Waals surface area contributed by atoms with Gasteiger partial charge in [0.2, 0.25) is 0 Å². The van der Waals surface area contributed by atoms with Crippen LogP contribution < -0.4 is 0 Å². The predicted octanol–water partition coefficient (Wildman–Crippen LogP) is 2.68. The zero-order valence-corrected chi connectivity index (χ0v) is 8.04. The van der Waals surface area contributed by atoms with Gasteiger partial charge in [0.05, 0.1) is 0 Å². The van der Waals surface area contributed by atoms with Gasteiger partial charge in [-0.1, -0.05) is 19.3 Å². The number of carboxylic acids is 1. The molecule has 13 heavy (non-hydrogen) atoms. The lowest BCUT2D eigenvalue weighted by atomic mass is 9.61. The third kappa shape index (κ3) is 2.04. The van der Waals surface area contributed by atoms with E-state index in [1.54, 1.807) is 0 Å². The van der Waals surface area contributed by atoms with Crippen LogP contribution >= 0.6 is 0 Å². The van der Waals surface area contributed by atoms with E-state index in [4.69, 9.17) is 5.11 Å². The average Bonchev–Trinajstić information content (AvgIpc) is 1.88. The van der Waals surface area contributed by atoms with Gasteiger partial charge in [-0.15, -0.1) is 0 Å². The van der Waals surface area contributed by atoms with Crippen molar-refractivity contribution in [2.75, 3.05) is 0 Å². The lowest BCUT2D eigenvalue weighted by Crippen LogP contribution is -2.33.